The Labute approximate surface area is 121 Å². The van der Waals surface area contributed by atoms with Crippen molar-refractivity contribution in [3.8, 4) is 6.07 Å². The molecule has 0 amide bonds. The average molecular weight is 292 g/mol. The maximum absolute atomic E-state index is 11.5. The summed E-state index contributed by atoms with van der Waals surface area (Å²) in [6.07, 6.45) is 0.250. The highest BCUT2D eigenvalue weighted by molar-refractivity contribution is 6.16. The minimum absolute atomic E-state index is 0.249. The van der Waals surface area contributed by atoms with Crippen molar-refractivity contribution in [2.24, 2.45) is 0 Å². The predicted molar refractivity (Wildman–Crippen MR) is 75.3 cm³/mol. The van der Waals surface area contributed by atoms with E-state index in [1.54, 1.807) is 25.1 Å². The standard InChI is InChI=1S/C14H14ClN3O2/c1-2-20-14(19)5-6-18-12-7-10(9-16)3-4-11(12)17-13(18)8-15/h3-4,7H,2,5-6,8H2,1H3. The Morgan fingerprint density at radius 1 is 1.55 bits per heavy atom. The van der Waals surface area contributed by atoms with Crippen LogP contribution in [0.5, 0.6) is 0 Å². The third-order valence-electron chi connectivity index (χ3n) is 2.92. The van der Waals surface area contributed by atoms with Crippen LogP contribution in [0.4, 0.5) is 0 Å². The van der Waals surface area contributed by atoms with E-state index in [1.807, 2.05) is 4.57 Å². The van der Waals surface area contributed by atoms with E-state index in [0.717, 1.165) is 11.0 Å². The number of ether oxygens (including phenoxy) is 1. The van der Waals surface area contributed by atoms with Gasteiger partial charge >= 0.3 is 5.97 Å². The normalized spacial score (nSPS) is 10.4. The van der Waals surface area contributed by atoms with Crippen LogP contribution in [0.25, 0.3) is 11.0 Å². The quantitative estimate of drug-likeness (QED) is 0.627. The maximum atomic E-state index is 11.5. The molecule has 0 bridgehead atoms. The highest BCUT2D eigenvalue weighted by Crippen LogP contribution is 2.19. The van der Waals surface area contributed by atoms with Gasteiger partial charge < -0.3 is 9.30 Å². The fraction of sp³-hybridized carbons (Fsp3) is 0.357. The van der Waals surface area contributed by atoms with E-state index in [2.05, 4.69) is 11.1 Å². The number of imidazole rings is 1. The molecule has 0 atom stereocenters. The van der Waals surface area contributed by atoms with Crippen molar-refractivity contribution >= 4 is 28.6 Å². The second kappa shape index (κ2) is 6.40. The molecule has 2 rings (SSSR count). The number of fused-ring (bicyclic) bond motifs is 1. The summed E-state index contributed by atoms with van der Waals surface area (Å²) in [5, 5.41) is 8.96. The minimum Gasteiger partial charge on any atom is -0.466 e. The molecule has 1 aromatic carbocycles. The first-order valence-electron chi connectivity index (χ1n) is 6.30. The van der Waals surface area contributed by atoms with Crippen LogP contribution in [0, 0.1) is 11.3 Å². The lowest BCUT2D eigenvalue weighted by molar-refractivity contribution is -0.143. The Balaban J connectivity index is 2.34. The molecule has 0 spiro atoms. The molecular weight excluding hydrogens is 278 g/mol. The van der Waals surface area contributed by atoms with Gasteiger partial charge in [-0.05, 0) is 25.1 Å². The summed E-state index contributed by atoms with van der Waals surface area (Å²) >= 11 is 5.89. The van der Waals surface area contributed by atoms with Crippen LogP contribution >= 0.6 is 11.6 Å². The van der Waals surface area contributed by atoms with Gasteiger partial charge in [-0.3, -0.25) is 4.79 Å². The molecule has 0 N–H and O–H groups in total. The molecule has 2 aromatic rings. The highest BCUT2D eigenvalue weighted by Gasteiger charge is 2.12. The van der Waals surface area contributed by atoms with Gasteiger partial charge in [0.15, 0.2) is 0 Å². The summed E-state index contributed by atoms with van der Waals surface area (Å²) in [7, 11) is 0. The number of alkyl halides is 1. The lowest BCUT2D eigenvalue weighted by Crippen LogP contribution is -2.10. The highest BCUT2D eigenvalue weighted by atomic mass is 35.5. The first-order chi connectivity index (χ1) is 9.69. The number of nitrogens with zero attached hydrogens (tertiary/aromatic N) is 3. The smallest absolute Gasteiger partial charge is 0.307 e. The number of hydrogen-bond donors (Lipinski definition) is 0. The SMILES string of the molecule is CCOC(=O)CCn1c(CCl)nc2ccc(C#N)cc21. The number of aryl methyl sites for hydroxylation is 1. The van der Waals surface area contributed by atoms with Crippen molar-refractivity contribution in [2.75, 3.05) is 6.61 Å². The number of carbonyl (C=O) groups is 1. The van der Waals surface area contributed by atoms with Crippen molar-refractivity contribution in [1.29, 1.82) is 5.26 Å². The number of benzene rings is 1. The van der Waals surface area contributed by atoms with Crippen LogP contribution in [0.2, 0.25) is 0 Å². The Kier molecular flexibility index (Phi) is 4.59. The number of nitriles is 1. The van der Waals surface area contributed by atoms with Crippen LogP contribution in [0.15, 0.2) is 18.2 Å². The molecule has 104 valence electrons. The van der Waals surface area contributed by atoms with Gasteiger partial charge in [0.1, 0.15) is 5.82 Å². The molecule has 0 aliphatic rings. The zero-order valence-electron chi connectivity index (χ0n) is 11.1. The lowest BCUT2D eigenvalue weighted by atomic mass is 10.2. The van der Waals surface area contributed by atoms with E-state index in [4.69, 9.17) is 21.6 Å². The van der Waals surface area contributed by atoms with Crippen LogP contribution in [-0.2, 0) is 22.0 Å². The second-order valence-corrected chi connectivity index (χ2v) is 4.45. The number of aromatic nitrogens is 2. The van der Waals surface area contributed by atoms with Gasteiger partial charge in [0.05, 0.1) is 41.6 Å². The summed E-state index contributed by atoms with van der Waals surface area (Å²) in [5.41, 5.74) is 2.13. The number of rotatable bonds is 5. The molecule has 1 heterocycles. The lowest BCUT2D eigenvalue weighted by Gasteiger charge is -2.07. The summed E-state index contributed by atoms with van der Waals surface area (Å²) < 4.78 is 6.77. The zero-order valence-corrected chi connectivity index (χ0v) is 11.9. The van der Waals surface area contributed by atoms with Gasteiger partial charge in [0.25, 0.3) is 0 Å². The second-order valence-electron chi connectivity index (χ2n) is 4.18. The van der Waals surface area contributed by atoms with E-state index in [0.29, 0.717) is 24.5 Å². The Bertz CT molecular complexity index is 673. The molecule has 6 heteroatoms. The minimum atomic E-state index is -0.258. The fourth-order valence-corrected chi connectivity index (χ4v) is 2.23. The third-order valence-corrected chi connectivity index (χ3v) is 3.16. The third kappa shape index (κ3) is 2.91. The van der Waals surface area contributed by atoms with Crippen LogP contribution in [-0.4, -0.2) is 22.1 Å². The molecule has 20 heavy (non-hydrogen) atoms. The molecule has 0 aliphatic heterocycles. The molecule has 0 saturated carbocycles. The van der Waals surface area contributed by atoms with Gasteiger partial charge in [-0.2, -0.15) is 5.26 Å². The Morgan fingerprint density at radius 2 is 2.35 bits per heavy atom. The summed E-state index contributed by atoms with van der Waals surface area (Å²) in [6, 6.07) is 7.34. The number of esters is 1. The van der Waals surface area contributed by atoms with Crippen LogP contribution in [0.1, 0.15) is 24.7 Å². The maximum Gasteiger partial charge on any atom is 0.307 e. The molecule has 0 fully saturated rings. The van der Waals surface area contributed by atoms with E-state index in [9.17, 15) is 4.79 Å². The number of halogens is 1. The molecule has 1 aromatic heterocycles. The van der Waals surface area contributed by atoms with Crippen molar-refractivity contribution in [2.45, 2.75) is 25.8 Å². The van der Waals surface area contributed by atoms with Gasteiger partial charge in [0.2, 0.25) is 0 Å². The van der Waals surface area contributed by atoms with Crippen molar-refractivity contribution in [1.82, 2.24) is 9.55 Å². The summed E-state index contributed by atoms with van der Waals surface area (Å²) in [6.45, 7) is 2.57. The van der Waals surface area contributed by atoms with Crippen molar-refractivity contribution in [3.63, 3.8) is 0 Å². The Morgan fingerprint density at radius 3 is 3.00 bits per heavy atom. The fourth-order valence-electron chi connectivity index (χ4n) is 2.03. The monoisotopic (exact) mass is 291 g/mol. The number of hydrogen-bond acceptors (Lipinski definition) is 4. The van der Waals surface area contributed by atoms with E-state index < -0.39 is 0 Å². The zero-order chi connectivity index (χ0) is 14.5. The molecule has 0 radical (unpaired) electrons. The first-order valence-corrected chi connectivity index (χ1v) is 6.84. The van der Waals surface area contributed by atoms with E-state index >= 15 is 0 Å². The van der Waals surface area contributed by atoms with E-state index in [1.165, 1.54) is 0 Å². The van der Waals surface area contributed by atoms with Gasteiger partial charge in [0, 0.05) is 6.54 Å². The summed E-state index contributed by atoms with van der Waals surface area (Å²) in [5.74, 6) is 0.673. The largest absolute Gasteiger partial charge is 0.466 e. The van der Waals surface area contributed by atoms with Gasteiger partial charge in [-0.15, -0.1) is 11.6 Å². The molecule has 5 nitrogen and oxygen atoms in total. The van der Waals surface area contributed by atoms with Crippen LogP contribution in [0.3, 0.4) is 0 Å². The summed E-state index contributed by atoms with van der Waals surface area (Å²) in [4.78, 5) is 15.9. The first kappa shape index (κ1) is 14.4. The molecular formula is C14H14ClN3O2. The molecule has 0 unspecified atom stereocenters. The topological polar surface area (TPSA) is 67.9 Å². The Hall–Kier alpha value is -2.06. The molecule has 0 saturated heterocycles. The van der Waals surface area contributed by atoms with Gasteiger partial charge in [-0.1, -0.05) is 0 Å². The van der Waals surface area contributed by atoms with Crippen molar-refractivity contribution in [3.05, 3.63) is 29.6 Å². The van der Waals surface area contributed by atoms with Crippen LogP contribution < -0.4 is 0 Å². The van der Waals surface area contributed by atoms with Crippen molar-refractivity contribution < 1.29 is 9.53 Å². The molecule has 0 aliphatic carbocycles. The average Bonchev–Trinajstić information content (AvgIpc) is 2.82. The van der Waals surface area contributed by atoms with Gasteiger partial charge in [-0.25, -0.2) is 4.98 Å². The van der Waals surface area contributed by atoms with E-state index in [-0.39, 0.29) is 18.3 Å². The predicted octanol–water partition coefficient (Wildman–Crippen LogP) is 2.60. The number of carbonyl (C=O) groups excluding carboxylic acids is 1.